The minimum Gasteiger partial charge on any atom is -0.494 e. The SMILES string of the molecule is C=CC(=O)OCCCCCCOc1ccc(C(=O)Oc2ccc(-c3ccc(OC(=O)c4ccc(OCCCCCCOC(=O)C=C)cc4)c(C(=O)OCCCC4=NC4)c3)cc2)cc1. The number of hydrogen-bond acceptors (Lipinski definition) is 13. The second-order valence-corrected chi connectivity index (χ2v) is 14.5. The highest BCUT2D eigenvalue weighted by molar-refractivity contribution is 5.98. The molecule has 63 heavy (non-hydrogen) atoms. The van der Waals surface area contributed by atoms with Gasteiger partial charge in [-0.15, -0.1) is 0 Å². The summed E-state index contributed by atoms with van der Waals surface area (Å²) in [4.78, 5) is 66.0. The zero-order chi connectivity index (χ0) is 44.7. The first-order chi connectivity index (χ1) is 30.7. The summed E-state index contributed by atoms with van der Waals surface area (Å²) in [5.74, 6) is -1.06. The highest BCUT2D eigenvalue weighted by Gasteiger charge is 2.20. The summed E-state index contributed by atoms with van der Waals surface area (Å²) in [7, 11) is 0. The molecule has 1 heterocycles. The molecule has 330 valence electrons. The molecule has 0 aliphatic carbocycles. The first-order valence-corrected chi connectivity index (χ1v) is 21.1. The molecule has 1 aliphatic heterocycles. The molecule has 5 rings (SSSR count). The predicted octanol–water partition coefficient (Wildman–Crippen LogP) is 9.52. The lowest BCUT2D eigenvalue weighted by atomic mass is 10.0. The molecular formula is C50H53NO12. The molecule has 4 aromatic rings. The third-order valence-corrected chi connectivity index (χ3v) is 9.64. The summed E-state index contributed by atoms with van der Waals surface area (Å²) in [5.41, 5.74) is 3.16. The zero-order valence-corrected chi connectivity index (χ0v) is 35.4. The molecule has 0 atom stereocenters. The van der Waals surface area contributed by atoms with E-state index >= 15 is 0 Å². The molecule has 0 radical (unpaired) electrons. The van der Waals surface area contributed by atoms with Gasteiger partial charge in [-0.25, -0.2) is 24.0 Å². The fourth-order valence-electron chi connectivity index (χ4n) is 6.06. The molecule has 0 unspecified atom stereocenters. The minimum atomic E-state index is -0.658. The van der Waals surface area contributed by atoms with Crippen LogP contribution < -0.4 is 18.9 Å². The first-order valence-electron chi connectivity index (χ1n) is 21.1. The number of carbonyl (C=O) groups excluding carboxylic acids is 5. The van der Waals surface area contributed by atoms with Gasteiger partial charge in [-0.1, -0.05) is 31.4 Å². The lowest BCUT2D eigenvalue weighted by Crippen LogP contribution is -2.14. The van der Waals surface area contributed by atoms with E-state index in [0.29, 0.717) is 61.2 Å². The van der Waals surface area contributed by atoms with Crippen molar-refractivity contribution in [3.63, 3.8) is 0 Å². The second kappa shape index (κ2) is 25.7. The van der Waals surface area contributed by atoms with E-state index in [1.165, 1.54) is 0 Å². The zero-order valence-electron chi connectivity index (χ0n) is 35.4. The van der Waals surface area contributed by atoms with E-state index in [-0.39, 0.29) is 23.5 Å². The third kappa shape index (κ3) is 16.8. The van der Waals surface area contributed by atoms with Crippen molar-refractivity contribution < 1.29 is 57.1 Å². The Balaban J connectivity index is 1.12. The maximum absolute atomic E-state index is 13.4. The van der Waals surface area contributed by atoms with Gasteiger partial charge in [-0.2, -0.15) is 0 Å². The van der Waals surface area contributed by atoms with Crippen LogP contribution in [0.25, 0.3) is 11.1 Å². The lowest BCUT2D eigenvalue weighted by Gasteiger charge is -2.13. The van der Waals surface area contributed by atoms with Crippen molar-refractivity contribution >= 4 is 35.6 Å². The monoisotopic (exact) mass is 859 g/mol. The fraction of sp³-hybridized carbons (Fsp3) is 0.320. The van der Waals surface area contributed by atoms with Gasteiger partial charge in [0.25, 0.3) is 0 Å². The molecule has 0 bridgehead atoms. The van der Waals surface area contributed by atoms with E-state index in [9.17, 15) is 24.0 Å². The largest absolute Gasteiger partial charge is 0.494 e. The second-order valence-electron chi connectivity index (χ2n) is 14.5. The number of rotatable bonds is 28. The molecular weight excluding hydrogens is 807 g/mol. The van der Waals surface area contributed by atoms with Crippen molar-refractivity contribution in [3.8, 4) is 34.1 Å². The highest BCUT2D eigenvalue weighted by atomic mass is 16.6. The van der Waals surface area contributed by atoms with Gasteiger partial charge in [0.1, 0.15) is 28.6 Å². The number of ether oxygens (including phenoxy) is 7. The number of unbranched alkanes of at least 4 members (excludes halogenated alkanes) is 6. The molecule has 13 nitrogen and oxygen atoms in total. The Kier molecular flexibility index (Phi) is 19.2. The Morgan fingerprint density at radius 3 is 1.46 bits per heavy atom. The Bertz CT molecular complexity index is 2190. The van der Waals surface area contributed by atoms with Crippen molar-refractivity contribution in [2.24, 2.45) is 4.99 Å². The van der Waals surface area contributed by atoms with Crippen LogP contribution in [0, 0.1) is 0 Å². The van der Waals surface area contributed by atoms with E-state index in [0.717, 1.165) is 87.8 Å². The molecule has 0 N–H and O–H groups in total. The average molecular weight is 860 g/mol. The number of nitrogens with zero attached hydrogens (tertiary/aromatic N) is 1. The van der Waals surface area contributed by atoms with Gasteiger partial charge in [0.05, 0.1) is 50.7 Å². The number of esters is 5. The predicted molar refractivity (Wildman–Crippen MR) is 237 cm³/mol. The summed E-state index contributed by atoms with van der Waals surface area (Å²) in [6.07, 6.45) is 10.5. The molecule has 0 aromatic heterocycles. The van der Waals surface area contributed by atoms with Crippen LogP contribution in [0.4, 0.5) is 0 Å². The van der Waals surface area contributed by atoms with Crippen molar-refractivity contribution in [2.75, 3.05) is 39.6 Å². The van der Waals surface area contributed by atoms with E-state index in [4.69, 9.17) is 33.2 Å². The average Bonchev–Trinajstić information content (AvgIpc) is 4.14. The van der Waals surface area contributed by atoms with Gasteiger partial charge in [-0.05, 0) is 148 Å². The first kappa shape index (κ1) is 47.0. The summed E-state index contributed by atoms with van der Waals surface area (Å²) in [5, 5.41) is 0. The number of benzene rings is 4. The minimum absolute atomic E-state index is 0.0440. The molecule has 13 heteroatoms. The quantitative estimate of drug-likeness (QED) is 0.0175. The van der Waals surface area contributed by atoms with Crippen LogP contribution in [0.3, 0.4) is 0 Å². The van der Waals surface area contributed by atoms with Gasteiger partial charge in [0.2, 0.25) is 0 Å². The van der Waals surface area contributed by atoms with Crippen LogP contribution >= 0.6 is 0 Å². The van der Waals surface area contributed by atoms with Crippen molar-refractivity contribution in [2.45, 2.75) is 64.2 Å². The van der Waals surface area contributed by atoms with Crippen LogP contribution in [-0.4, -0.2) is 75.1 Å². The Morgan fingerprint density at radius 2 is 0.952 bits per heavy atom. The molecule has 0 fully saturated rings. The van der Waals surface area contributed by atoms with E-state index in [1.54, 1.807) is 91.0 Å². The Labute approximate surface area is 367 Å². The molecule has 0 spiro atoms. The smallest absolute Gasteiger partial charge is 0.343 e. The van der Waals surface area contributed by atoms with Crippen LogP contribution in [0.5, 0.6) is 23.0 Å². The van der Waals surface area contributed by atoms with E-state index in [1.807, 2.05) is 0 Å². The van der Waals surface area contributed by atoms with Crippen LogP contribution in [0.1, 0.15) is 95.3 Å². The van der Waals surface area contributed by atoms with E-state index in [2.05, 4.69) is 18.2 Å². The van der Waals surface area contributed by atoms with Crippen LogP contribution in [-0.2, 0) is 23.8 Å². The number of hydrogen-bond donors (Lipinski definition) is 0. The number of aliphatic imine (C=N–C) groups is 1. The highest BCUT2D eigenvalue weighted by Crippen LogP contribution is 2.30. The fourth-order valence-corrected chi connectivity index (χ4v) is 6.06. The summed E-state index contributed by atoms with van der Waals surface area (Å²) in [6, 6.07) is 25.0. The summed E-state index contributed by atoms with van der Waals surface area (Å²) >= 11 is 0. The normalized spacial score (nSPS) is 11.3. The standard InChI is InChI=1S/C50H53NO12/c1-3-46(52)59-31-11-7-5-9-29-57-41-22-17-37(18-23-41)48(54)62-43-26-15-36(16-27-43)39-21-28-45(44(34-39)50(56)61-33-13-14-40-35-51-40)63-49(55)38-19-24-42(25-20-38)58-30-10-6-8-12-32-60-47(53)4-2/h3-4,15-28,34H,1-2,5-14,29-33,35H2. The maximum atomic E-state index is 13.4. The van der Waals surface area contributed by atoms with Gasteiger partial charge in [0.15, 0.2) is 0 Å². The molecule has 0 saturated carbocycles. The van der Waals surface area contributed by atoms with Crippen LogP contribution in [0.2, 0.25) is 0 Å². The van der Waals surface area contributed by atoms with Crippen molar-refractivity contribution in [3.05, 3.63) is 133 Å². The Morgan fingerprint density at radius 1 is 0.492 bits per heavy atom. The molecule has 0 amide bonds. The van der Waals surface area contributed by atoms with Crippen molar-refractivity contribution in [1.82, 2.24) is 0 Å². The molecule has 0 saturated heterocycles. The van der Waals surface area contributed by atoms with E-state index < -0.39 is 29.8 Å². The van der Waals surface area contributed by atoms with Crippen molar-refractivity contribution in [1.29, 1.82) is 0 Å². The van der Waals surface area contributed by atoms with Crippen LogP contribution in [0.15, 0.2) is 121 Å². The summed E-state index contributed by atoms with van der Waals surface area (Å²) < 4.78 is 38.5. The third-order valence-electron chi connectivity index (χ3n) is 9.64. The maximum Gasteiger partial charge on any atom is 0.343 e. The lowest BCUT2D eigenvalue weighted by molar-refractivity contribution is -0.138. The Hall–Kier alpha value is -7.02. The van der Waals surface area contributed by atoms with Gasteiger partial charge in [-0.3, -0.25) is 4.99 Å². The topological polar surface area (TPSA) is 162 Å². The molecule has 1 aliphatic rings. The van der Waals surface area contributed by atoms with Gasteiger partial charge in [0, 0.05) is 17.9 Å². The van der Waals surface area contributed by atoms with Gasteiger partial charge < -0.3 is 33.2 Å². The number of carbonyl (C=O) groups is 5. The van der Waals surface area contributed by atoms with Gasteiger partial charge >= 0.3 is 29.8 Å². The summed E-state index contributed by atoms with van der Waals surface area (Å²) in [6.45, 7) is 9.42. The molecule has 4 aromatic carbocycles.